The lowest BCUT2D eigenvalue weighted by atomic mass is 9.82. The van der Waals surface area contributed by atoms with Gasteiger partial charge in [0.25, 0.3) is 0 Å². The highest BCUT2D eigenvalue weighted by Gasteiger charge is 2.44. The number of carbonyl (C=O) groups is 2. The summed E-state index contributed by atoms with van der Waals surface area (Å²) in [6, 6.07) is 0. The number of esters is 1. The number of carbonyl (C=O) groups excluding carboxylic acids is 2. The van der Waals surface area contributed by atoms with Crippen LogP contribution in [0, 0.1) is 11.8 Å². The van der Waals surface area contributed by atoms with Crippen LogP contribution in [-0.4, -0.2) is 69.4 Å². The first-order valence-electron chi connectivity index (χ1n) is 12.5. The van der Waals surface area contributed by atoms with E-state index < -0.39 is 26.0 Å². The van der Waals surface area contributed by atoms with Gasteiger partial charge in [-0.2, -0.15) is 0 Å². The molecule has 200 valence electrons. The molecule has 0 saturated carbocycles. The number of hydrogen-bond donors (Lipinski definition) is 2. The lowest BCUT2D eigenvalue weighted by molar-refractivity contribution is -0.275. The Bertz CT molecular complexity index is 640. The topological polar surface area (TPSA) is 135 Å². The highest BCUT2D eigenvalue weighted by molar-refractivity contribution is 7.53. The monoisotopic (exact) mass is 508 g/mol. The van der Waals surface area contributed by atoms with Crippen LogP contribution in [0.15, 0.2) is 0 Å². The predicted molar refractivity (Wildman–Crippen MR) is 129 cm³/mol. The van der Waals surface area contributed by atoms with Crippen LogP contribution in [0.2, 0.25) is 0 Å². The average molecular weight is 509 g/mol. The van der Waals surface area contributed by atoms with Gasteiger partial charge in [0.15, 0.2) is 12.4 Å². The van der Waals surface area contributed by atoms with Crippen molar-refractivity contribution in [2.75, 3.05) is 39.1 Å². The summed E-state index contributed by atoms with van der Waals surface area (Å²) in [6.45, 7) is 11.1. The fourth-order valence-corrected chi connectivity index (χ4v) is 5.62. The normalized spacial score (nSPS) is 25.2. The maximum absolute atomic E-state index is 12.9. The summed E-state index contributed by atoms with van der Waals surface area (Å²) in [4.78, 5) is 23.5. The molecule has 0 aromatic heterocycles. The Morgan fingerprint density at radius 2 is 1.74 bits per heavy atom. The van der Waals surface area contributed by atoms with Crippen molar-refractivity contribution in [3.8, 4) is 0 Å². The first kappa shape index (κ1) is 31.0. The van der Waals surface area contributed by atoms with Gasteiger partial charge in [-0.1, -0.05) is 13.8 Å². The molecule has 34 heavy (non-hydrogen) atoms. The van der Waals surface area contributed by atoms with Crippen molar-refractivity contribution in [2.45, 2.75) is 85.2 Å². The summed E-state index contributed by atoms with van der Waals surface area (Å²) in [5.74, 6) is -0.389. The molecule has 1 heterocycles. The Hall–Kier alpha value is -1.03. The third kappa shape index (κ3) is 11.1. The van der Waals surface area contributed by atoms with Gasteiger partial charge in [0, 0.05) is 32.4 Å². The number of ether oxygens (including phenoxy) is 3. The number of nitrogens with one attached hydrogen (secondary N) is 1. The van der Waals surface area contributed by atoms with E-state index in [1.165, 1.54) is 6.92 Å². The molecule has 0 aliphatic carbocycles. The molecule has 11 heteroatoms. The van der Waals surface area contributed by atoms with Gasteiger partial charge < -0.3 is 34.3 Å². The van der Waals surface area contributed by atoms with Crippen LogP contribution in [0.5, 0.6) is 0 Å². The number of nitrogens with two attached hydrogens (primary N) is 1. The minimum atomic E-state index is -3.19. The quantitative estimate of drug-likeness (QED) is 0.172. The fraction of sp³-hybridized carbons (Fsp3) is 0.913. The molecular formula is C23H45N2O8P. The highest BCUT2D eigenvalue weighted by Crippen LogP contribution is 2.49. The summed E-state index contributed by atoms with van der Waals surface area (Å²) in [7, 11) is -3.19. The van der Waals surface area contributed by atoms with E-state index in [-0.39, 0.29) is 30.0 Å². The highest BCUT2D eigenvalue weighted by atomic mass is 31.2. The molecule has 1 rings (SSSR count). The Morgan fingerprint density at radius 3 is 2.32 bits per heavy atom. The minimum absolute atomic E-state index is 0.00399. The molecule has 5 atom stereocenters. The average Bonchev–Trinajstić information content (AvgIpc) is 2.77. The van der Waals surface area contributed by atoms with Crippen molar-refractivity contribution in [3.63, 3.8) is 0 Å². The molecule has 0 aromatic rings. The van der Waals surface area contributed by atoms with Crippen LogP contribution >= 0.6 is 7.60 Å². The molecule has 1 aliphatic rings. The molecule has 1 amide bonds. The third-order valence-electron chi connectivity index (χ3n) is 5.94. The maximum atomic E-state index is 12.9. The lowest BCUT2D eigenvalue weighted by Gasteiger charge is -2.44. The summed E-state index contributed by atoms with van der Waals surface area (Å²) in [6.07, 6.45) is 1.66. The largest absolute Gasteiger partial charge is 0.457 e. The fourth-order valence-electron chi connectivity index (χ4n) is 3.93. The molecule has 1 fully saturated rings. The first-order chi connectivity index (χ1) is 16.2. The molecule has 0 aromatic carbocycles. The van der Waals surface area contributed by atoms with E-state index in [9.17, 15) is 14.2 Å². The van der Waals surface area contributed by atoms with Crippen molar-refractivity contribution < 1.29 is 37.4 Å². The molecule has 10 nitrogen and oxygen atoms in total. The van der Waals surface area contributed by atoms with Crippen molar-refractivity contribution in [1.29, 1.82) is 0 Å². The van der Waals surface area contributed by atoms with Crippen LogP contribution in [-0.2, 0) is 37.4 Å². The second-order valence-corrected chi connectivity index (χ2v) is 10.8. The number of rotatable bonds is 17. The van der Waals surface area contributed by atoms with Gasteiger partial charge in [0.05, 0.1) is 25.5 Å². The van der Waals surface area contributed by atoms with Crippen LogP contribution in [0.1, 0.15) is 66.7 Å². The molecule has 0 spiro atoms. The van der Waals surface area contributed by atoms with E-state index in [0.29, 0.717) is 58.6 Å². The molecule has 0 bridgehead atoms. The summed E-state index contributed by atoms with van der Waals surface area (Å²) in [5.41, 5.74) is 5.42. The van der Waals surface area contributed by atoms with Crippen molar-refractivity contribution in [3.05, 3.63) is 0 Å². The van der Waals surface area contributed by atoms with E-state index >= 15 is 0 Å². The van der Waals surface area contributed by atoms with E-state index in [1.807, 2.05) is 13.8 Å². The van der Waals surface area contributed by atoms with Crippen LogP contribution < -0.4 is 11.1 Å². The minimum Gasteiger partial charge on any atom is -0.457 e. The zero-order valence-corrected chi connectivity index (χ0v) is 22.3. The van der Waals surface area contributed by atoms with Gasteiger partial charge >= 0.3 is 13.6 Å². The van der Waals surface area contributed by atoms with E-state index in [4.69, 9.17) is 29.0 Å². The van der Waals surface area contributed by atoms with Crippen LogP contribution in [0.4, 0.5) is 0 Å². The Labute approximate surface area is 204 Å². The predicted octanol–water partition coefficient (Wildman–Crippen LogP) is 3.22. The first-order valence-corrected chi connectivity index (χ1v) is 14.2. The van der Waals surface area contributed by atoms with Gasteiger partial charge in [-0.25, -0.2) is 0 Å². The van der Waals surface area contributed by atoms with E-state index in [1.54, 1.807) is 13.8 Å². The van der Waals surface area contributed by atoms with E-state index in [2.05, 4.69) is 5.32 Å². The number of hydrogen-bond acceptors (Lipinski definition) is 9. The Balaban J connectivity index is 2.66. The van der Waals surface area contributed by atoms with Gasteiger partial charge in [-0.15, -0.1) is 0 Å². The zero-order valence-electron chi connectivity index (χ0n) is 21.5. The summed E-state index contributed by atoms with van der Waals surface area (Å²) in [5, 5.41) is 2.83. The smallest absolute Gasteiger partial charge is 0.330 e. The molecule has 1 aliphatic heterocycles. The van der Waals surface area contributed by atoms with Gasteiger partial charge in [-0.3, -0.25) is 14.2 Å². The second kappa shape index (κ2) is 16.6. The maximum Gasteiger partial charge on any atom is 0.330 e. The number of amides is 1. The Morgan fingerprint density at radius 1 is 1.06 bits per heavy atom. The SMILES string of the molecule is CCOP(=O)(CC[C@H]1O[C@H](OCCCCC(=O)NCCCN)[C@@H](OC(C)=O)[C@@H](C)[C@@H]1C)OCC. The molecular weight excluding hydrogens is 463 g/mol. The van der Waals surface area contributed by atoms with Gasteiger partial charge in [0.2, 0.25) is 5.91 Å². The molecule has 0 radical (unpaired) electrons. The molecule has 0 unspecified atom stereocenters. The molecule has 3 N–H and O–H groups in total. The second-order valence-electron chi connectivity index (χ2n) is 8.61. The Kier molecular flexibility index (Phi) is 15.1. The van der Waals surface area contributed by atoms with Gasteiger partial charge in [-0.05, 0) is 52.0 Å². The third-order valence-corrected chi connectivity index (χ3v) is 8.04. The van der Waals surface area contributed by atoms with Crippen LogP contribution in [0.3, 0.4) is 0 Å². The summed E-state index contributed by atoms with van der Waals surface area (Å²) >= 11 is 0. The summed E-state index contributed by atoms with van der Waals surface area (Å²) < 4.78 is 41.4. The van der Waals surface area contributed by atoms with E-state index in [0.717, 1.165) is 6.42 Å². The van der Waals surface area contributed by atoms with Gasteiger partial charge in [0.1, 0.15) is 0 Å². The van der Waals surface area contributed by atoms with Crippen molar-refractivity contribution >= 4 is 19.5 Å². The van der Waals surface area contributed by atoms with Crippen LogP contribution in [0.25, 0.3) is 0 Å². The van der Waals surface area contributed by atoms with Crippen molar-refractivity contribution in [1.82, 2.24) is 5.32 Å². The number of unbranched alkanes of at least 4 members (excludes halogenated alkanes) is 1. The molecule has 1 saturated heterocycles. The lowest BCUT2D eigenvalue weighted by Crippen LogP contribution is -2.52. The zero-order chi connectivity index (χ0) is 25.6. The van der Waals surface area contributed by atoms with Crippen molar-refractivity contribution in [2.24, 2.45) is 17.6 Å². The standard InChI is InChI=1S/C23H45N2O8P/c1-6-30-34(28,31-7-2)16-12-20-17(3)18(4)22(32-19(5)26)23(33-20)29-15-9-8-11-21(27)25-14-10-13-24/h17-18,20,22-23H,6-16,24H2,1-5H3,(H,25,27)/t17-,18-,20+,22-,23-/m0/s1.